The summed E-state index contributed by atoms with van der Waals surface area (Å²) >= 11 is 0. The zero-order valence-corrected chi connectivity index (χ0v) is 9.79. The molecule has 1 fully saturated rings. The average molecular weight is 218 g/mol. The molecular formula is C13H18N2O. The lowest BCUT2D eigenvalue weighted by atomic mass is 10.1. The maximum absolute atomic E-state index is 11.7. The highest BCUT2D eigenvalue weighted by molar-refractivity contribution is 5.94. The van der Waals surface area contributed by atoms with Crippen LogP contribution in [0, 0.1) is 5.92 Å². The zero-order valence-electron chi connectivity index (χ0n) is 9.79. The highest BCUT2D eigenvalue weighted by atomic mass is 16.2. The van der Waals surface area contributed by atoms with E-state index < -0.39 is 0 Å². The van der Waals surface area contributed by atoms with Crippen LogP contribution in [0.1, 0.15) is 31.4 Å². The Kier molecular flexibility index (Phi) is 3.25. The molecule has 0 radical (unpaired) electrons. The fourth-order valence-electron chi connectivity index (χ4n) is 1.72. The van der Waals surface area contributed by atoms with Crippen LogP contribution in [0.2, 0.25) is 0 Å². The van der Waals surface area contributed by atoms with Gasteiger partial charge in [-0.15, -0.1) is 0 Å². The number of carbonyl (C=O) groups is 1. The fraction of sp³-hybridized carbons (Fsp3) is 0.462. The molecule has 1 aromatic rings. The summed E-state index contributed by atoms with van der Waals surface area (Å²) in [5.74, 6) is 0.411. The Labute approximate surface area is 96.2 Å². The third-order valence-corrected chi connectivity index (χ3v) is 3.07. The minimum Gasteiger partial charge on any atom is -0.326 e. The van der Waals surface area contributed by atoms with Crippen molar-refractivity contribution in [2.75, 3.05) is 12.4 Å². The number of para-hydroxylation sites is 1. The van der Waals surface area contributed by atoms with E-state index in [9.17, 15) is 4.79 Å². The molecule has 3 nitrogen and oxygen atoms in total. The third-order valence-electron chi connectivity index (χ3n) is 3.07. The first-order valence-corrected chi connectivity index (χ1v) is 5.79. The normalized spacial score (nSPS) is 16.9. The fourth-order valence-corrected chi connectivity index (χ4v) is 1.72. The number of hydrogen-bond donors (Lipinski definition) is 2. The van der Waals surface area contributed by atoms with E-state index in [1.54, 1.807) is 0 Å². The number of benzene rings is 1. The lowest BCUT2D eigenvalue weighted by molar-refractivity contribution is -0.117. The van der Waals surface area contributed by atoms with Gasteiger partial charge in [0.2, 0.25) is 5.91 Å². The molecule has 1 unspecified atom stereocenters. The van der Waals surface area contributed by atoms with Crippen molar-refractivity contribution in [1.29, 1.82) is 0 Å². The van der Waals surface area contributed by atoms with Gasteiger partial charge < -0.3 is 10.6 Å². The van der Waals surface area contributed by atoms with Gasteiger partial charge in [-0.25, -0.2) is 0 Å². The first kappa shape index (κ1) is 11.1. The molecule has 1 atom stereocenters. The van der Waals surface area contributed by atoms with Gasteiger partial charge >= 0.3 is 0 Å². The zero-order chi connectivity index (χ0) is 11.5. The molecule has 0 bridgehead atoms. The molecule has 2 rings (SSSR count). The van der Waals surface area contributed by atoms with Crippen molar-refractivity contribution >= 4 is 11.6 Å². The van der Waals surface area contributed by atoms with E-state index >= 15 is 0 Å². The van der Waals surface area contributed by atoms with Gasteiger partial charge in [0.05, 0.1) is 0 Å². The van der Waals surface area contributed by atoms with Crippen LogP contribution in [0.25, 0.3) is 0 Å². The van der Waals surface area contributed by atoms with Gasteiger partial charge in [0.1, 0.15) is 0 Å². The SMILES string of the molecule is CNC(C)c1ccccc1NC(=O)C1CC1. The minimum absolute atomic E-state index is 0.163. The van der Waals surface area contributed by atoms with Gasteiger partial charge in [-0.05, 0) is 38.4 Å². The van der Waals surface area contributed by atoms with Gasteiger partial charge in [-0.1, -0.05) is 18.2 Å². The predicted molar refractivity (Wildman–Crippen MR) is 65.3 cm³/mol. The minimum atomic E-state index is 0.163. The molecular weight excluding hydrogens is 200 g/mol. The highest BCUT2D eigenvalue weighted by Gasteiger charge is 2.30. The molecule has 2 N–H and O–H groups in total. The summed E-state index contributed by atoms with van der Waals surface area (Å²) in [6, 6.07) is 8.20. The first-order valence-electron chi connectivity index (χ1n) is 5.79. The second-order valence-electron chi connectivity index (χ2n) is 4.36. The molecule has 1 aliphatic rings. The van der Waals surface area contributed by atoms with Crippen molar-refractivity contribution in [3.8, 4) is 0 Å². The summed E-state index contributed by atoms with van der Waals surface area (Å²) in [7, 11) is 1.92. The number of carbonyl (C=O) groups excluding carboxylic acids is 1. The van der Waals surface area contributed by atoms with Crippen molar-refractivity contribution in [1.82, 2.24) is 5.32 Å². The Morgan fingerprint density at radius 2 is 2.06 bits per heavy atom. The third kappa shape index (κ3) is 2.42. The molecule has 16 heavy (non-hydrogen) atoms. The van der Waals surface area contributed by atoms with Gasteiger partial charge in [0.25, 0.3) is 0 Å². The average Bonchev–Trinajstić information content (AvgIpc) is 3.12. The quantitative estimate of drug-likeness (QED) is 0.814. The van der Waals surface area contributed by atoms with E-state index in [0.717, 1.165) is 24.1 Å². The van der Waals surface area contributed by atoms with Crippen molar-refractivity contribution in [2.45, 2.75) is 25.8 Å². The summed E-state index contributed by atoms with van der Waals surface area (Å²) in [5, 5.41) is 6.20. The molecule has 1 amide bonds. The largest absolute Gasteiger partial charge is 0.326 e. The van der Waals surface area contributed by atoms with E-state index in [2.05, 4.69) is 17.6 Å². The van der Waals surface area contributed by atoms with E-state index in [0.29, 0.717) is 0 Å². The van der Waals surface area contributed by atoms with Crippen molar-refractivity contribution in [3.05, 3.63) is 29.8 Å². The molecule has 1 aromatic carbocycles. The highest BCUT2D eigenvalue weighted by Crippen LogP contribution is 2.31. The standard InChI is InChI=1S/C13H18N2O/c1-9(14-2)11-5-3-4-6-12(11)15-13(16)10-7-8-10/h3-6,9-10,14H,7-8H2,1-2H3,(H,15,16). The number of hydrogen-bond acceptors (Lipinski definition) is 2. The van der Waals surface area contributed by atoms with Gasteiger partial charge in [0, 0.05) is 17.6 Å². The molecule has 1 saturated carbocycles. The number of rotatable bonds is 4. The second kappa shape index (κ2) is 4.66. The van der Waals surface area contributed by atoms with E-state index in [1.807, 2.05) is 31.3 Å². The number of nitrogens with one attached hydrogen (secondary N) is 2. The van der Waals surface area contributed by atoms with Crippen molar-refractivity contribution in [2.24, 2.45) is 5.92 Å². The van der Waals surface area contributed by atoms with Crippen LogP contribution in [0.4, 0.5) is 5.69 Å². The van der Waals surface area contributed by atoms with Gasteiger partial charge in [0.15, 0.2) is 0 Å². The Morgan fingerprint density at radius 1 is 1.38 bits per heavy atom. The van der Waals surface area contributed by atoms with Crippen molar-refractivity contribution < 1.29 is 4.79 Å². The Balaban J connectivity index is 2.15. The van der Waals surface area contributed by atoms with E-state index in [4.69, 9.17) is 0 Å². The molecule has 0 aliphatic heterocycles. The molecule has 86 valence electrons. The van der Waals surface area contributed by atoms with Gasteiger partial charge in [-0.3, -0.25) is 4.79 Å². The molecule has 0 spiro atoms. The van der Waals surface area contributed by atoms with Gasteiger partial charge in [-0.2, -0.15) is 0 Å². The smallest absolute Gasteiger partial charge is 0.227 e. The van der Waals surface area contributed by atoms with Crippen LogP contribution in [0.5, 0.6) is 0 Å². The topological polar surface area (TPSA) is 41.1 Å². The monoisotopic (exact) mass is 218 g/mol. The Bertz CT molecular complexity index is 385. The summed E-state index contributed by atoms with van der Waals surface area (Å²) in [5.41, 5.74) is 2.07. The Morgan fingerprint density at radius 3 is 2.69 bits per heavy atom. The molecule has 0 heterocycles. The lowest BCUT2D eigenvalue weighted by Crippen LogP contribution is -2.18. The molecule has 0 aromatic heterocycles. The van der Waals surface area contributed by atoms with E-state index in [-0.39, 0.29) is 17.9 Å². The lowest BCUT2D eigenvalue weighted by Gasteiger charge is -2.16. The Hall–Kier alpha value is -1.35. The first-order chi connectivity index (χ1) is 7.72. The maximum atomic E-state index is 11.7. The van der Waals surface area contributed by atoms with Crippen LogP contribution in [-0.2, 0) is 4.79 Å². The van der Waals surface area contributed by atoms with Crippen LogP contribution >= 0.6 is 0 Å². The van der Waals surface area contributed by atoms with Crippen LogP contribution in [0.3, 0.4) is 0 Å². The summed E-state index contributed by atoms with van der Waals surface area (Å²) in [6.45, 7) is 2.09. The van der Waals surface area contributed by atoms with E-state index in [1.165, 1.54) is 0 Å². The summed E-state index contributed by atoms with van der Waals surface area (Å²) < 4.78 is 0. The summed E-state index contributed by atoms with van der Waals surface area (Å²) in [6.07, 6.45) is 2.07. The number of anilines is 1. The molecule has 1 aliphatic carbocycles. The maximum Gasteiger partial charge on any atom is 0.227 e. The van der Waals surface area contributed by atoms with Crippen LogP contribution in [0.15, 0.2) is 24.3 Å². The second-order valence-corrected chi connectivity index (χ2v) is 4.36. The predicted octanol–water partition coefficient (Wildman–Crippen LogP) is 2.32. The van der Waals surface area contributed by atoms with Crippen LogP contribution in [-0.4, -0.2) is 13.0 Å². The van der Waals surface area contributed by atoms with Crippen molar-refractivity contribution in [3.63, 3.8) is 0 Å². The molecule has 3 heteroatoms. The summed E-state index contributed by atoms with van der Waals surface area (Å²) in [4.78, 5) is 11.7. The number of amides is 1. The van der Waals surface area contributed by atoms with Crippen LogP contribution < -0.4 is 10.6 Å². The molecule has 0 saturated heterocycles.